The first kappa shape index (κ1) is 22.8. The van der Waals surface area contributed by atoms with E-state index >= 15 is 0 Å². The molecule has 0 saturated carbocycles. The fourth-order valence-electron chi connectivity index (χ4n) is 5.06. The third-order valence-electron chi connectivity index (χ3n) is 6.97. The van der Waals surface area contributed by atoms with Crippen LogP contribution in [0.15, 0.2) is 120 Å². The first-order chi connectivity index (χ1) is 18.0. The van der Waals surface area contributed by atoms with Gasteiger partial charge in [-0.25, -0.2) is 0 Å². The van der Waals surface area contributed by atoms with Gasteiger partial charge in [-0.1, -0.05) is 78.9 Å². The minimum absolute atomic E-state index is 0.146. The molecule has 0 aliphatic heterocycles. The van der Waals surface area contributed by atoms with Crippen molar-refractivity contribution in [3.05, 3.63) is 143 Å². The Morgan fingerprint density at radius 2 is 1.19 bits per heavy atom. The van der Waals surface area contributed by atoms with E-state index in [1.54, 1.807) is 42.5 Å². The van der Waals surface area contributed by atoms with E-state index in [-0.39, 0.29) is 22.9 Å². The molecule has 0 bridgehead atoms. The molecular formula is C33H22O4. The van der Waals surface area contributed by atoms with Crippen molar-refractivity contribution in [2.45, 2.75) is 12.5 Å². The van der Waals surface area contributed by atoms with Crippen LogP contribution in [0.4, 0.5) is 0 Å². The molecular weight excluding hydrogens is 460 g/mol. The Morgan fingerprint density at radius 3 is 1.78 bits per heavy atom. The van der Waals surface area contributed by atoms with Gasteiger partial charge in [0.05, 0.1) is 5.57 Å². The highest BCUT2D eigenvalue weighted by Crippen LogP contribution is 2.38. The van der Waals surface area contributed by atoms with E-state index in [2.05, 4.69) is 0 Å². The largest absolute Gasteiger partial charge is 0.383 e. The van der Waals surface area contributed by atoms with Gasteiger partial charge in [-0.3, -0.25) is 14.4 Å². The third kappa shape index (κ3) is 3.88. The topological polar surface area (TPSA) is 71.4 Å². The molecule has 0 saturated heterocycles. The number of allylic oxidation sites excluding steroid dienone is 7. The smallest absolute Gasteiger partial charge is 0.197 e. The van der Waals surface area contributed by atoms with E-state index in [4.69, 9.17) is 0 Å². The monoisotopic (exact) mass is 482 g/mol. The Kier molecular flexibility index (Phi) is 5.59. The van der Waals surface area contributed by atoms with Gasteiger partial charge in [0.25, 0.3) is 0 Å². The van der Waals surface area contributed by atoms with Crippen LogP contribution in [-0.2, 0) is 0 Å². The van der Waals surface area contributed by atoms with E-state index in [0.29, 0.717) is 34.2 Å². The van der Waals surface area contributed by atoms with Gasteiger partial charge >= 0.3 is 0 Å². The second kappa shape index (κ2) is 9.08. The van der Waals surface area contributed by atoms with Crippen LogP contribution in [0.2, 0.25) is 0 Å². The second-order valence-electron chi connectivity index (χ2n) is 9.21. The molecule has 0 amide bonds. The zero-order chi connectivity index (χ0) is 25.5. The predicted octanol–water partition coefficient (Wildman–Crippen LogP) is 6.66. The maximum atomic E-state index is 12.9. The predicted molar refractivity (Wildman–Crippen MR) is 145 cm³/mol. The molecule has 4 aromatic rings. The highest BCUT2D eigenvalue weighted by Gasteiger charge is 2.34. The van der Waals surface area contributed by atoms with Gasteiger partial charge in [-0.2, -0.15) is 0 Å². The Hall–Kier alpha value is -4.67. The van der Waals surface area contributed by atoms with Gasteiger partial charge in [0.1, 0.15) is 6.10 Å². The molecule has 37 heavy (non-hydrogen) atoms. The fourth-order valence-corrected chi connectivity index (χ4v) is 5.06. The number of fused-ring (bicyclic) bond motifs is 4. The minimum Gasteiger partial charge on any atom is -0.383 e. The Morgan fingerprint density at radius 1 is 0.649 bits per heavy atom. The number of Topliss-reactive ketones (excluding diaryl/α,β-unsaturated/α-hetero) is 3. The SMILES string of the molecule is O=C1C(=CC=C/C=C/CC=C2C(=O)c3cc4ccccc4cc3C2O)C(=O)c2cc3ccccc3cc21. The van der Waals surface area contributed by atoms with Crippen LogP contribution in [0.3, 0.4) is 0 Å². The number of benzene rings is 4. The van der Waals surface area contributed by atoms with Crippen LogP contribution in [0.1, 0.15) is 49.2 Å². The molecule has 1 unspecified atom stereocenters. The third-order valence-corrected chi connectivity index (χ3v) is 6.97. The number of aliphatic hydroxyl groups is 1. The molecule has 4 nitrogen and oxygen atoms in total. The lowest BCUT2D eigenvalue weighted by Gasteiger charge is -2.05. The quantitative estimate of drug-likeness (QED) is 0.201. The molecule has 1 N–H and O–H groups in total. The number of aliphatic hydroxyl groups excluding tert-OH is 1. The maximum absolute atomic E-state index is 12.9. The van der Waals surface area contributed by atoms with E-state index in [9.17, 15) is 19.5 Å². The van der Waals surface area contributed by atoms with Gasteiger partial charge in [0.2, 0.25) is 0 Å². The lowest BCUT2D eigenvalue weighted by Crippen LogP contribution is -1.99. The second-order valence-corrected chi connectivity index (χ2v) is 9.21. The number of hydrogen-bond donors (Lipinski definition) is 1. The fraction of sp³-hybridized carbons (Fsp3) is 0.0606. The van der Waals surface area contributed by atoms with Crippen LogP contribution in [0, 0.1) is 0 Å². The number of rotatable bonds is 4. The van der Waals surface area contributed by atoms with Crippen LogP contribution in [0.5, 0.6) is 0 Å². The standard InChI is InChI=1S/C33H22O4/c34-30-24(31(35)27-17-21-11-7-6-10-20(21)16-26(27)30)14-4-2-1-3-5-15-25-32(36)28-18-22-12-8-9-13-23(22)19-29(28)33(25)37/h1-4,6-19,32,36H,5H2/b3-1+,4-2?,25-15?. The summed E-state index contributed by atoms with van der Waals surface area (Å²) in [5, 5.41) is 14.5. The Bertz CT molecular complexity index is 1710. The molecule has 0 radical (unpaired) electrons. The summed E-state index contributed by atoms with van der Waals surface area (Å²) in [5.41, 5.74) is 2.62. The van der Waals surface area contributed by atoms with Crippen molar-refractivity contribution >= 4 is 38.9 Å². The summed E-state index contributed by atoms with van der Waals surface area (Å²) in [6.45, 7) is 0. The highest BCUT2D eigenvalue weighted by atomic mass is 16.3. The lowest BCUT2D eigenvalue weighted by atomic mass is 10.0. The molecule has 4 aromatic carbocycles. The molecule has 2 aliphatic rings. The molecule has 4 heteroatoms. The molecule has 6 rings (SSSR count). The van der Waals surface area contributed by atoms with Crippen molar-refractivity contribution in [2.75, 3.05) is 0 Å². The van der Waals surface area contributed by atoms with Crippen LogP contribution < -0.4 is 0 Å². The average molecular weight is 483 g/mol. The van der Waals surface area contributed by atoms with Crippen LogP contribution in [0.25, 0.3) is 21.5 Å². The molecule has 2 aliphatic carbocycles. The number of hydrogen-bond acceptors (Lipinski definition) is 4. The summed E-state index contributed by atoms with van der Waals surface area (Å²) in [6, 6.07) is 22.7. The summed E-state index contributed by atoms with van der Waals surface area (Å²) in [6.07, 6.45) is 9.85. The van der Waals surface area contributed by atoms with Gasteiger partial charge in [0.15, 0.2) is 17.3 Å². The van der Waals surface area contributed by atoms with Gasteiger partial charge in [-0.15, -0.1) is 0 Å². The number of ketones is 3. The maximum Gasteiger partial charge on any atom is 0.197 e. The van der Waals surface area contributed by atoms with Crippen LogP contribution in [-0.4, -0.2) is 22.5 Å². The first-order valence-electron chi connectivity index (χ1n) is 12.1. The van der Waals surface area contributed by atoms with Crippen molar-refractivity contribution < 1.29 is 19.5 Å². The molecule has 0 heterocycles. The summed E-state index contributed by atoms with van der Waals surface area (Å²) >= 11 is 0. The summed E-state index contributed by atoms with van der Waals surface area (Å²) < 4.78 is 0. The minimum atomic E-state index is -0.932. The molecule has 0 spiro atoms. The molecule has 0 fully saturated rings. The average Bonchev–Trinajstić information content (AvgIpc) is 3.29. The normalized spacial score (nSPS) is 18.2. The van der Waals surface area contributed by atoms with E-state index in [1.807, 2.05) is 66.7 Å². The summed E-state index contributed by atoms with van der Waals surface area (Å²) in [4.78, 5) is 38.4. The van der Waals surface area contributed by atoms with Gasteiger partial charge in [0, 0.05) is 22.3 Å². The van der Waals surface area contributed by atoms with E-state index in [0.717, 1.165) is 21.5 Å². The number of carbonyl (C=O) groups is 3. The highest BCUT2D eigenvalue weighted by molar-refractivity contribution is 6.40. The Balaban J connectivity index is 1.14. The van der Waals surface area contributed by atoms with Crippen molar-refractivity contribution in [2.24, 2.45) is 0 Å². The van der Waals surface area contributed by atoms with E-state index in [1.165, 1.54) is 0 Å². The van der Waals surface area contributed by atoms with Crippen molar-refractivity contribution in [3.63, 3.8) is 0 Å². The zero-order valence-electron chi connectivity index (χ0n) is 19.8. The zero-order valence-corrected chi connectivity index (χ0v) is 19.8. The number of carbonyl (C=O) groups excluding carboxylic acids is 3. The summed E-state index contributed by atoms with van der Waals surface area (Å²) in [5.74, 6) is -0.664. The van der Waals surface area contributed by atoms with Crippen molar-refractivity contribution in [1.82, 2.24) is 0 Å². The molecule has 1 atom stereocenters. The van der Waals surface area contributed by atoms with Gasteiger partial charge < -0.3 is 5.11 Å². The van der Waals surface area contributed by atoms with Crippen LogP contribution >= 0.6 is 0 Å². The van der Waals surface area contributed by atoms with Crippen molar-refractivity contribution in [3.8, 4) is 0 Å². The van der Waals surface area contributed by atoms with Crippen molar-refractivity contribution in [1.29, 1.82) is 0 Å². The molecule has 0 aromatic heterocycles. The Labute approximate surface area is 213 Å². The molecule has 178 valence electrons. The lowest BCUT2D eigenvalue weighted by molar-refractivity contribution is 0.0984. The first-order valence-corrected chi connectivity index (χ1v) is 12.1. The van der Waals surface area contributed by atoms with E-state index < -0.39 is 6.10 Å². The van der Waals surface area contributed by atoms with Gasteiger partial charge in [-0.05, 0) is 63.9 Å². The summed E-state index contributed by atoms with van der Waals surface area (Å²) in [7, 11) is 0.